The van der Waals surface area contributed by atoms with E-state index in [2.05, 4.69) is 38.1 Å². The van der Waals surface area contributed by atoms with Crippen molar-refractivity contribution in [3.63, 3.8) is 0 Å². The molecule has 136 valence electrons. The van der Waals surface area contributed by atoms with Crippen LogP contribution in [0.15, 0.2) is 48.5 Å². The largest absolute Gasteiger partial charge is 0.507 e. The number of phenols is 1. The molecular weight excluding hydrogens is 304 g/mol. The quantitative estimate of drug-likeness (QED) is 0.416. The molecule has 0 aliphatic carbocycles. The highest BCUT2D eigenvalue weighted by molar-refractivity contribution is 5.73. The van der Waals surface area contributed by atoms with Crippen molar-refractivity contribution in [1.29, 1.82) is 0 Å². The van der Waals surface area contributed by atoms with E-state index in [1.807, 2.05) is 18.2 Å². The van der Waals surface area contributed by atoms with Crippen molar-refractivity contribution in [2.75, 3.05) is 0 Å². The van der Waals surface area contributed by atoms with Gasteiger partial charge in [-0.05, 0) is 36.0 Å². The molecule has 0 heterocycles. The zero-order chi connectivity index (χ0) is 17.9. The van der Waals surface area contributed by atoms with Gasteiger partial charge < -0.3 is 5.11 Å². The molecule has 2 aromatic rings. The number of hydrogen-bond donors (Lipinski definition) is 1. The van der Waals surface area contributed by atoms with Crippen molar-refractivity contribution in [2.45, 2.75) is 77.6 Å². The Morgan fingerprint density at radius 3 is 2.00 bits per heavy atom. The third-order valence-electron chi connectivity index (χ3n) is 5.24. The Hall–Kier alpha value is -1.76. The lowest BCUT2D eigenvalue weighted by molar-refractivity contribution is 0.477. The Balaban J connectivity index is 2.00. The SMILES string of the molecule is CCCCCCCCCC(CC)c1ccccc1-c1ccccc1O. The minimum atomic E-state index is 0.376. The summed E-state index contributed by atoms with van der Waals surface area (Å²) in [5.41, 5.74) is 3.53. The van der Waals surface area contributed by atoms with E-state index >= 15 is 0 Å². The molecule has 0 saturated heterocycles. The number of phenolic OH excluding ortho intramolecular Hbond substituents is 1. The molecule has 0 spiro atoms. The minimum absolute atomic E-state index is 0.376. The van der Waals surface area contributed by atoms with Gasteiger partial charge in [0.1, 0.15) is 5.75 Å². The van der Waals surface area contributed by atoms with Gasteiger partial charge in [0.15, 0.2) is 0 Å². The first kappa shape index (κ1) is 19.6. The van der Waals surface area contributed by atoms with Crippen LogP contribution in [0.3, 0.4) is 0 Å². The first-order valence-corrected chi connectivity index (χ1v) is 10.1. The van der Waals surface area contributed by atoms with Crippen LogP contribution in [0.2, 0.25) is 0 Å². The molecule has 0 aliphatic rings. The Bertz CT molecular complexity index is 617. The first-order chi connectivity index (χ1) is 12.3. The lowest BCUT2D eigenvalue weighted by Gasteiger charge is -2.20. The van der Waals surface area contributed by atoms with Gasteiger partial charge >= 0.3 is 0 Å². The second kappa shape index (κ2) is 11.0. The van der Waals surface area contributed by atoms with E-state index in [-0.39, 0.29) is 0 Å². The van der Waals surface area contributed by atoms with Crippen molar-refractivity contribution in [3.05, 3.63) is 54.1 Å². The first-order valence-electron chi connectivity index (χ1n) is 10.1. The highest BCUT2D eigenvalue weighted by Crippen LogP contribution is 2.37. The van der Waals surface area contributed by atoms with Crippen LogP contribution < -0.4 is 0 Å². The maximum Gasteiger partial charge on any atom is 0.123 e. The summed E-state index contributed by atoms with van der Waals surface area (Å²) < 4.78 is 0. The van der Waals surface area contributed by atoms with Gasteiger partial charge in [0.2, 0.25) is 0 Å². The Kier molecular flexibility index (Phi) is 8.59. The van der Waals surface area contributed by atoms with Gasteiger partial charge in [0.05, 0.1) is 0 Å². The Labute approximate surface area is 154 Å². The number of rotatable bonds is 11. The van der Waals surface area contributed by atoms with Gasteiger partial charge in [-0.3, -0.25) is 0 Å². The van der Waals surface area contributed by atoms with Crippen molar-refractivity contribution >= 4 is 0 Å². The van der Waals surface area contributed by atoms with E-state index in [0.29, 0.717) is 11.7 Å². The van der Waals surface area contributed by atoms with Crippen molar-refractivity contribution in [3.8, 4) is 16.9 Å². The third kappa shape index (κ3) is 5.92. The minimum Gasteiger partial charge on any atom is -0.507 e. The summed E-state index contributed by atoms with van der Waals surface area (Å²) in [7, 11) is 0. The van der Waals surface area contributed by atoms with Crippen LogP contribution in [0.4, 0.5) is 0 Å². The molecule has 0 aromatic heterocycles. The molecule has 2 aromatic carbocycles. The monoisotopic (exact) mass is 338 g/mol. The van der Waals surface area contributed by atoms with Crippen LogP contribution >= 0.6 is 0 Å². The number of hydrogen-bond acceptors (Lipinski definition) is 1. The molecule has 2 rings (SSSR count). The molecule has 0 bridgehead atoms. The molecule has 1 heteroatoms. The van der Waals surface area contributed by atoms with E-state index in [1.54, 1.807) is 6.07 Å². The lowest BCUT2D eigenvalue weighted by Crippen LogP contribution is -2.00. The van der Waals surface area contributed by atoms with E-state index in [4.69, 9.17) is 0 Å². The van der Waals surface area contributed by atoms with Crippen LogP contribution in [-0.2, 0) is 0 Å². The summed E-state index contributed by atoms with van der Waals surface area (Å²) in [5.74, 6) is 0.951. The molecular formula is C24H34O. The molecule has 0 saturated carbocycles. The zero-order valence-electron chi connectivity index (χ0n) is 16.0. The van der Waals surface area contributed by atoms with Gasteiger partial charge in [0, 0.05) is 5.56 Å². The maximum absolute atomic E-state index is 10.3. The fraction of sp³-hybridized carbons (Fsp3) is 0.500. The van der Waals surface area contributed by atoms with Gasteiger partial charge in [-0.25, -0.2) is 0 Å². The summed E-state index contributed by atoms with van der Waals surface area (Å²) >= 11 is 0. The molecule has 1 N–H and O–H groups in total. The maximum atomic E-state index is 10.3. The molecule has 0 fully saturated rings. The fourth-order valence-electron chi connectivity index (χ4n) is 3.73. The van der Waals surface area contributed by atoms with Crippen LogP contribution in [0.5, 0.6) is 5.75 Å². The van der Waals surface area contributed by atoms with Crippen molar-refractivity contribution in [2.24, 2.45) is 0 Å². The van der Waals surface area contributed by atoms with Gasteiger partial charge in [-0.2, -0.15) is 0 Å². The van der Waals surface area contributed by atoms with Crippen LogP contribution in [0.1, 0.15) is 83.1 Å². The molecule has 0 amide bonds. The van der Waals surface area contributed by atoms with Gasteiger partial charge in [-0.15, -0.1) is 0 Å². The third-order valence-corrected chi connectivity index (χ3v) is 5.24. The lowest BCUT2D eigenvalue weighted by atomic mass is 9.85. The van der Waals surface area contributed by atoms with Crippen molar-refractivity contribution < 1.29 is 5.11 Å². The summed E-state index contributed by atoms with van der Waals surface area (Å²) in [4.78, 5) is 0. The van der Waals surface area contributed by atoms with Crippen LogP contribution in [0.25, 0.3) is 11.1 Å². The summed E-state index contributed by atoms with van der Waals surface area (Å²) in [5, 5.41) is 10.3. The Morgan fingerprint density at radius 2 is 1.32 bits per heavy atom. The average molecular weight is 339 g/mol. The average Bonchev–Trinajstić information content (AvgIpc) is 2.65. The highest BCUT2D eigenvalue weighted by Gasteiger charge is 2.15. The summed E-state index contributed by atoms with van der Waals surface area (Å²) in [6.07, 6.45) is 11.9. The van der Waals surface area contributed by atoms with Crippen LogP contribution in [0, 0.1) is 0 Å². The molecule has 25 heavy (non-hydrogen) atoms. The standard InChI is InChI=1S/C24H34O/c1-3-5-6-7-8-9-10-15-20(4-2)21-16-11-12-17-22(21)23-18-13-14-19-24(23)25/h11-14,16-20,25H,3-10,15H2,1-2H3. The summed E-state index contributed by atoms with van der Waals surface area (Å²) in [6, 6.07) is 16.3. The van der Waals surface area contributed by atoms with Crippen molar-refractivity contribution in [1.82, 2.24) is 0 Å². The zero-order valence-corrected chi connectivity index (χ0v) is 16.0. The van der Waals surface area contributed by atoms with E-state index in [1.165, 1.54) is 62.5 Å². The Morgan fingerprint density at radius 1 is 0.720 bits per heavy atom. The molecule has 0 aliphatic heterocycles. The van der Waals surface area contributed by atoms with Gasteiger partial charge in [-0.1, -0.05) is 101 Å². The van der Waals surface area contributed by atoms with Gasteiger partial charge in [0.25, 0.3) is 0 Å². The molecule has 1 unspecified atom stereocenters. The number of aromatic hydroxyl groups is 1. The summed E-state index contributed by atoms with van der Waals surface area (Å²) in [6.45, 7) is 4.56. The second-order valence-electron chi connectivity index (χ2n) is 7.12. The topological polar surface area (TPSA) is 20.2 Å². The predicted octanol–water partition coefficient (Wildman–Crippen LogP) is 7.69. The molecule has 1 nitrogen and oxygen atoms in total. The normalized spacial score (nSPS) is 12.2. The number of unbranched alkanes of at least 4 members (excludes halogenated alkanes) is 6. The number of benzene rings is 2. The smallest absolute Gasteiger partial charge is 0.123 e. The van der Waals surface area contributed by atoms with E-state index < -0.39 is 0 Å². The fourth-order valence-corrected chi connectivity index (χ4v) is 3.73. The molecule has 0 radical (unpaired) electrons. The van der Waals surface area contributed by atoms with E-state index in [0.717, 1.165) is 12.0 Å². The second-order valence-corrected chi connectivity index (χ2v) is 7.12. The van der Waals surface area contributed by atoms with Crippen LogP contribution in [-0.4, -0.2) is 5.11 Å². The molecule has 1 atom stereocenters. The number of para-hydroxylation sites is 1. The predicted molar refractivity (Wildman–Crippen MR) is 109 cm³/mol. The van der Waals surface area contributed by atoms with E-state index in [9.17, 15) is 5.11 Å². The highest BCUT2D eigenvalue weighted by atomic mass is 16.3.